The summed E-state index contributed by atoms with van der Waals surface area (Å²) in [6.45, 7) is 6.94. The van der Waals surface area contributed by atoms with E-state index < -0.39 is 11.2 Å². The van der Waals surface area contributed by atoms with E-state index in [0.717, 1.165) is 0 Å². The lowest BCUT2D eigenvalue weighted by atomic mass is 9.96. The topological polar surface area (TPSA) is 100 Å². The minimum Gasteiger partial charge on any atom is -0.355 e. The summed E-state index contributed by atoms with van der Waals surface area (Å²) in [4.78, 5) is 39.0. The van der Waals surface area contributed by atoms with Crippen molar-refractivity contribution in [2.75, 3.05) is 17.2 Å². The quantitative estimate of drug-likeness (QED) is 0.684. The van der Waals surface area contributed by atoms with Crippen molar-refractivity contribution in [2.45, 2.75) is 34.1 Å². The zero-order valence-electron chi connectivity index (χ0n) is 16.2. The van der Waals surface area contributed by atoms with Crippen molar-refractivity contribution in [3.05, 3.63) is 29.4 Å². The van der Waals surface area contributed by atoms with Crippen molar-refractivity contribution in [2.24, 2.45) is 5.41 Å². The molecule has 1 aromatic carbocycles. The molecule has 2 rings (SSSR count). The molecule has 9 heteroatoms. The second-order valence-electron chi connectivity index (χ2n) is 7.22. The zero-order chi connectivity index (χ0) is 20.9. The molecule has 3 amide bonds. The fourth-order valence-corrected chi connectivity index (χ4v) is 2.92. The molecule has 0 unspecified atom stereocenters. The van der Waals surface area contributed by atoms with Gasteiger partial charge in [-0.25, -0.2) is 9.37 Å². The van der Waals surface area contributed by atoms with E-state index in [9.17, 15) is 18.8 Å². The molecule has 28 heavy (non-hydrogen) atoms. The summed E-state index contributed by atoms with van der Waals surface area (Å²) in [5.74, 6) is -1.24. The van der Waals surface area contributed by atoms with Gasteiger partial charge in [-0.3, -0.25) is 14.4 Å². The Bertz CT molecular complexity index is 890. The normalized spacial score (nSPS) is 11.0. The molecule has 0 bridgehead atoms. The van der Waals surface area contributed by atoms with Crippen LogP contribution in [0.4, 0.5) is 15.2 Å². The van der Waals surface area contributed by atoms with E-state index in [0.29, 0.717) is 16.5 Å². The van der Waals surface area contributed by atoms with E-state index in [1.807, 2.05) is 0 Å². The van der Waals surface area contributed by atoms with Crippen molar-refractivity contribution >= 4 is 39.9 Å². The third kappa shape index (κ3) is 6.12. The molecule has 0 atom stereocenters. The number of benzene rings is 1. The Morgan fingerprint density at radius 2 is 1.89 bits per heavy atom. The predicted octanol–water partition coefficient (Wildman–Crippen LogP) is 3.40. The van der Waals surface area contributed by atoms with Gasteiger partial charge in [-0.15, -0.1) is 11.3 Å². The van der Waals surface area contributed by atoms with Crippen LogP contribution in [0.1, 0.15) is 34.1 Å². The van der Waals surface area contributed by atoms with Crippen LogP contribution in [-0.4, -0.2) is 29.3 Å². The number of thiazole rings is 1. The molecule has 0 aliphatic heterocycles. The van der Waals surface area contributed by atoms with Crippen LogP contribution in [0.25, 0.3) is 11.3 Å². The van der Waals surface area contributed by atoms with Crippen LogP contribution in [0, 0.1) is 11.2 Å². The average molecular weight is 406 g/mol. The van der Waals surface area contributed by atoms with Gasteiger partial charge >= 0.3 is 0 Å². The Kier molecular flexibility index (Phi) is 6.85. The van der Waals surface area contributed by atoms with Crippen LogP contribution >= 0.6 is 11.3 Å². The number of anilines is 2. The molecule has 0 saturated carbocycles. The van der Waals surface area contributed by atoms with Gasteiger partial charge in [0, 0.05) is 41.9 Å². The number of hydrogen-bond acceptors (Lipinski definition) is 5. The summed E-state index contributed by atoms with van der Waals surface area (Å²) in [5, 5.41) is 9.82. The second-order valence-corrected chi connectivity index (χ2v) is 8.08. The summed E-state index contributed by atoms with van der Waals surface area (Å²) >= 11 is 1.17. The largest absolute Gasteiger partial charge is 0.355 e. The monoisotopic (exact) mass is 406 g/mol. The number of nitrogens with one attached hydrogen (secondary N) is 3. The average Bonchev–Trinajstić information content (AvgIpc) is 3.01. The van der Waals surface area contributed by atoms with Crippen LogP contribution in [0.2, 0.25) is 0 Å². The smallest absolute Gasteiger partial charge is 0.227 e. The molecule has 0 aliphatic rings. The highest BCUT2D eigenvalue weighted by atomic mass is 32.1. The summed E-state index contributed by atoms with van der Waals surface area (Å²) < 4.78 is 14.3. The van der Waals surface area contributed by atoms with Gasteiger partial charge in [-0.1, -0.05) is 20.8 Å². The van der Waals surface area contributed by atoms with Crippen molar-refractivity contribution < 1.29 is 18.8 Å². The molecule has 2 aromatic rings. The van der Waals surface area contributed by atoms with E-state index in [1.165, 1.54) is 30.4 Å². The van der Waals surface area contributed by atoms with Gasteiger partial charge in [0.1, 0.15) is 5.82 Å². The molecule has 0 fully saturated rings. The SMILES string of the molecule is CC(=O)Nc1ccc(-c2csc(NC(=O)CCNC(=O)C(C)(C)C)n2)c(F)c1. The maximum absolute atomic E-state index is 14.3. The fourth-order valence-electron chi connectivity index (χ4n) is 2.20. The van der Waals surface area contributed by atoms with E-state index in [-0.39, 0.29) is 36.3 Å². The van der Waals surface area contributed by atoms with Gasteiger partial charge in [-0.2, -0.15) is 0 Å². The number of carbonyl (C=O) groups is 3. The first-order chi connectivity index (χ1) is 13.1. The van der Waals surface area contributed by atoms with Crippen molar-refractivity contribution in [3.63, 3.8) is 0 Å². The van der Waals surface area contributed by atoms with Crippen LogP contribution in [0.5, 0.6) is 0 Å². The molecule has 0 radical (unpaired) electrons. The van der Waals surface area contributed by atoms with E-state index >= 15 is 0 Å². The summed E-state index contributed by atoms with van der Waals surface area (Å²) in [5.41, 5.74) is 0.492. The van der Waals surface area contributed by atoms with Gasteiger partial charge in [0.05, 0.1) is 5.69 Å². The third-order valence-electron chi connectivity index (χ3n) is 3.63. The Labute approximate surface area is 166 Å². The summed E-state index contributed by atoms with van der Waals surface area (Å²) in [7, 11) is 0. The predicted molar refractivity (Wildman–Crippen MR) is 108 cm³/mol. The summed E-state index contributed by atoms with van der Waals surface area (Å²) in [6, 6.07) is 4.31. The molecule has 0 aliphatic carbocycles. The van der Waals surface area contributed by atoms with Crippen LogP contribution in [0.3, 0.4) is 0 Å². The molecule has 1 heterocycles. The second kappa shape index (κ2) is 8.92. The molecule has 3 N–H and O–H groups in total. The lowest BCUT2D eigenvalue weighted by Gasteiger charge is -2.17. The van der Waals surface area contributed by atoms with Gasteiger partial charge in [-0.05, 0) is 18.2 Å². The van der Waals surface area contributed by atoms with Gasteiger partial charge in [0.25, 0.3) is 0 Å². The number of rotatable bonds is 6. The molecule has 1 aromatic heterocycles. The van der Waals surface area contributed by atoms with Crippen LogP contribution in [-0.2, 0) is 14.4 Å². The van der Waals surface area contributed by atoms with E-state index in [1.54, 1.807) is 32.2 Å². The first-order valence-corrected chi connectivity index (χ1v) is 9.55. The minimum absolute atomic E-state index is 0.108. The highest BCUT2D eigenvalue weighted by molar-refractivity contribution is 7.14. The minimum atomic E-state index is -0.528. The van der Waals surface area contributed by atoms with Crippen molar-refractivity contribution in [1.29, 1.82) is 0 Å². The van der Waals surface area contributed by atoms with E-state index in [2.05, 4.69) is 20.9 Å². The molecule has 0 saturated heterocycles. The number of aromatic nitrogens is 1. The standard InChI is InChI=1S/C19H23FN4O3S/c1-11(25)22-12-5-6-13(14(20)9-12)15-10-28-18(23-15)24-16(26)7-8-21-17(27)19(2,3)4/h5-6,9-10H,7-8H2,1-4H3,(H,21,27)(H,22,25)(H,23,24,26). The molecule has 7 nitrogen and oxygen atoms in total. The van der Waals surface area contributed by atoms with Crippen LogP contribution < -0.4 is 16.0 Å². The fraction of sp³-hybridized carbons (Fsp3) is 0.368. The number of nitrogens with zero attached hydrogens (tertiary/aromatic N) is 1. The van der Waals surface area contributed by atoms with Gasteiger partial charge in [0.2, 0.25) is 17.7 Å². The highest BCUT2D eigenvalue weighted by Crippen LogP contribution is 2.28. The number of halogens is 1. The first kappa shape index (κ1) is 21.5. The van der Waals surface area contributed by atoms with Crippen molar-refractivity contribution in [1.82, 2.24) is 10.3 Å². The van der Waals surface area contributed by atoms with E-state index in [4.69, 9.17) is 0 Å². The third-order valence-corrected chi connectivity index (χ3v) is 4.39. The maximum Gasteiger partial charge on any atom is 0.227 e. The van der Waals surface area contributed by atoms with Gasteiger partial charge in [0.15, 0.2) is 5.13 Å². The number of amides is 3. The molecular formula is C19H23FN4O3S. The first-order valence-electron chi connectivity index (χ1n) is 8.67. The Hall–Kier alpha value is -2.81. The molecule has 0 spiro atoms. The van der Waals surface area contributed by atoms with Gasteiger partial charge < -0.3 is 16.0 Å². The Balaban J connectivity index is 1.94. The van der Waals surface area contributed by atoms with Crippen LogP contribution in [0.15, 0.2) is 23.6 Å². The van der Waals surface area contributed by atoms with Crippen molar-refractivity contribution in [3.8, 4) is 11.3 Å². The lowest BCUT2D eigenvalue weighted by molar-refractivity contribution is -0.128. The Morgan fingerprint density at radius 3 is 2.50 bits per heavy atom. The zero-order valence-corrected chi connectivity index (χ0v) is 17.0. The molecular weight excluding hydrogens is 383 g/mol. The number of hydrogen-bond donors (Lipinski definition) is 3. The number of carbonyl (C=O) groups excluding carboxylic acids is 3. The molecule has 150 valence electrons. The summed E-state index contributed by atoms with van der Waals surface area (Å²) in [6.07, 6.45) is 0.108. The maximum atomic E-state index is 14.3. The highest BCUT2D eigenvalue weighted by Gasteiger charge is 2.20. The Morgan fingerprint density at radius 1 is 1.18 bits per heavy atom. The lowest BCUT2D eigenvalue weighted by Crippen LogP contribution is -2.36.